The van der Waals surface area contributed by atoms with Gasteiger partial charge in [-0.05, 0) is 32.2 Å². The number of carbonyl (C=O) groups excluding carboxylic acids is 1. The minimum atomic E-state index is -0.781. The van der Waals surface area contributed by atoms with E-state index in [9.17, 15) is 9.59 Å². The lowest BCUT2D eigenvalue weighted by Gasteiger charge is -2.37. The Morgan fingerprint density at radius 2 is 1.80 bits per heavy atom. The fourth-order valence-electron chi connectivity index (χ4n) is 2.75. The molecule has 0 aliphatic heterocycles. The Bertz CT molecular complexity index is 312. The molecule has 1 rings (SSSR count). The zero-order chi connectivity index (χ0) is 14.8. The molecule has 1 aliphatic carbocycles. The second kappa shape index (κ2) is 8.95. The number of amides is 1. The molecule has 1 amide bonds. The fraction of sp³-hybridized carbons (Fsp3) is 0.867. The molecule has 0 aromatic rings. The van der Waals surface area contributed by atoms with E-state index >= 15 is 0 Å². The third kappa shape index (κ3) is 5.49. The van der Waals surface area contributed by atoms with E-state index in [1.807, 2.05) is 0 Å². The molecule has 0 radical (unpaired) electrons. The van der Waals surface area contributed by atoms with E-state index in [2.05, 4.69) is 17.6 Å². The van der Waals surface area contributed by atoms with Crippen LogP contribution in [0.2, 0.25) is 0 Å². The molecule has 0 atom stereocenters. The number of carboxylic acids is 1. The zero-order valence-electron chi connectivity index (χ0n) is 12.5. The summed E-state index contributed by atoms with van der Waals surface area (Å²) >= 11 is 0. The predicted molar refractivity (Wildman–Crippen MR) is 78.6 cm³/mol. The van der Waals surface area contributed by atoms with Crippen molar-refractivity contribution in [3.63, 3.8) is 0 Å². The van der Waals surface area contributed by atoms with Crippen molar-refractivity contribution in [3.8, 4) is 0 Å². The van der Waals surface area contributed by atoms with Crippen molar-refractivity contribution >= 4 is 11.9 Å². The molecular weight excluding hydrogens is 256 g/mol. The highest BCUT2D eigenvalue weighted by Gasteiger charge is 2.38. The zero-order valence-corrected chi connectivity index (χ0v) is 12.5. The predicted octanol–water partition coefficient (Wildman–Crippen LogP) is 2.06. The van der Waals surface area contributed by atoms with Gasteiger partial charge in [-0.1, -0.05) is 32.6 Å². The summed E-state index contributed by atoms with van der Waals surface area (Å²) < 4.78 is 0. The summed E-state index contributed by atoms with van der Waals surface area (Å²) in [5, 5.41) is 15.0. The molecule has 0 saturated heterocycles. The summed E-state index contributed by atoms with van der Waals surface area (Å²) in [7, 11) is 0. The number of unbranched alkanes of at least 4 members (excludes halogenated alkanes) is 1. The number of carboxylic acid groups (broad SMARTS) is 1. The first-order chi connectivity index (χ1) is 9.60. The Labute approximate surface area is 121 Å². The van der Waals surface area contributed by atoms with Gasteiger partial charge < -0.3 is 15.7 Å². The van der Waals surface area contributed by atoms with Crippen LogP contribution < -0.4 is 10.6 Å². The summed E-state index contributed by atoms with van der Waals surface area (Å²) in [5.74, 6) is -0.683. The molecule has 1 aliphatic rings. The van der Waals surface area contributed by atoms with Crippen LogP contribution in [0.1, 0.15) is 64.7 Å². The summed E-state index contributed by atoms with van der Waals surface area (Å²) in [6.07, 6.45) is 7.82. The minimum Gasteiger partial charge on any atom is -0.481 e. The Kier molecular flexibility index (Phi) is 7.59. The van der Waals surface area contributed by atoms with Gasteiger partial charge in [0.05, 0.1) is 5.54 Å². The molecule has 0 bridgehead atoms. The van der Waals surface area contributed by atoms with Crippen LogP contribution in [0.25, 0.3) is 0 Å². The van der Waals surface area contributed by atoms with Crippen molar-refractivity contribution in [2.24, 2.45) is 0 Å². The van der Waals surface area contributed by atoms with Crippen molar-refractivity contribution in [3.05, 3.63) is 0 Å². The van der Waals surface area contributed by atoms with Gasteiger partial charge in [-0.2, -0.15) is 0 Å². The highest BCUT2D eigenvalue weighted by Crippen LogP contribution is 2.28. The van der Waals surface area contributed by atoms with Crippen LogP contribution >= 0.6 is 0 Å². The highest BCUT2D eigenvalue weighted by atomic mass is 16.4. The molecule has 1 saturated carbocycles. The topological polar surface area (TPSA) is 78.4 Å². The normalized spacial score (nSPS) is 17.6. The van der Waals surface area contributed by atoms with Crippen molar-refractivity contribution in [1.82, 2.24) is 10.6 Å². The summed E-state index contributed by atoms with van der Waals surface area (Å²) in [4.78, 5) is 23.0. The van der Waals surface area contributed by atoms with Crippen LogP contribution in [-0.4, -0.2) is 35.6 Å². The molecule has 5 nitrogen and oxygen atoms in total. The maximum atomic E-state index is 12.4. The van der Waals surface area contributed by atoms with Gasteiger partial charge in [0.1, 0.15) is 0 Å². The van der Waals surface area contributed by atoms with Crippen LogP contribution in [0.3, 0.4) is 0 Å². The summed E-state index contributed by atoms with van der Waals surface area (Å²) in [6.45, 7) is 3.42. The lowest BCUT2D eigenvalue weighted by atomic mass is 9.80. The van der Waals surface area contributed by atoms with E-state index in [1.165, 1.54) is 6.42 Å². The first kappa shape index (κ1) is 17.0. The Hall–Kier alpha value is -1.10. The van der Waals surface area contributed by atoms with Gasteiger partial charge in [-0.15, -0.1) is 0 Å². The lowest BCUT2D eigenvalue weighted by Crippen LogP contribution is -2.58. The lowest BCUT2D eigenvalue weighted by molar-refractivity contribution is -0.137. The van der Waals surface area contributed by atoms with E-state index < -0.39 is 11.5 Å². The molecule has 0 spiro atoms. The van der Waals surface area contributed by atoms with Crippen LogP contribution in [0.4, 0.5) is 0 Å². The molecule has 0 aromatic heterocycles. The van der Waals surface area contributed by atoms with E-state index in [4.69, 9.17) is 5.11 Å². The van der Waals surface area contributed by atoms with Crippen LogP contribution in [0.15, 0.2) is 0 Å². The van der Waals surface area contributed by atoms with Crippen molar-refractivity contribution in [2.45, 2.75) is 70.3 Å². The maximum Gasteiger partial charge on any atom is 0.303 e. The van der Waals surface area contributed by atoms with E-state index in [-0.39, 0.29) is 12.3 Å². The fourth-order valence-corrected chi connectivity index (χ4v) is 2.75. The molecule has 0 heterocycles. The molecule has 20 heavy (non-hydrogen) atoms. The molecule has 116 valence electrons. The number of hydrogen-bond acceptors (Lipinski definition) is 3. The molecule has 0 unspecified atom stereocenters. The minimum absolute atomic E-state index is 0.0981. The number of hydrogen-bond donors (Lipinski definition) is 3. The number of carbonyl (C=O) groups is 2. The Morgan fingerprint density at radius 1 is 1.10 bits per heavy atom. The molecule has 0 aromatic carbocycles. The Morgan fingerprint density at radius 3 is 2.40 bits per heavy atom. The van der Waals surface area contributed by atoms with Gasteiger partial charge in [0.25, 0.3) is 0 Å². The molecule has 5 heteroatoms. The highest BCUT2D eigenvalue weighted by molar-refractivity contribution is 5.86. The maximum absolute atomic E-state index is 12.4. The largest absolute Gasteiger partial charge is 0.481 e. The monoisotopic (exact) mass is 284 g/mol. The van der Waals surface area contributed by atoms with Crippen molar-refractivity contribution in [1.29, 1.82) is 0 Å². The Balaban J connectivity index is 2.47. The van der Waals surface area contributed by atoms with Gasteiger partial charge in [-0.25, -0.2) is 0 Å². The van der Waals surface area contributed by atoms with Gasteiger partial charge in [0.15, 0.2) is 0 Å². The van der Waals surface area contributed by atoms with E-state index in [0.29, 0.717) is 13.0 Å². The van der Waals surface area contributed by atoms with Crippen LogP contribution in [0, 0.1) is 0 Å². The van der Waals surface area contributed by atoms with Crippen LogP contribution in [-0.2, 0) is 9.59 Å². The summed E-state index contributed by atoms with van der Waals surface area (Å²) in [6, 6.07) is 0. The molecular formula is C15H28N2O3. The average Bonchev–Trinajstić information content (AvgIpc) is 2.44. The van der Waals surface area contributed by atoms with Gasteiger partial charge in [-0.3, -0.25) is 9.59 Å². The van der Waals surface area contributed by atoms with Crippen LogP contribution in [0.5, 0.6) is 0 Å². The van der Waals surface area contributed by atoms with Gasteiger partial charge in [0, 0.05) is 13.0 Å². The number of rotatable bonds is 9. The SMILES string of the molecule is CCCCNC(=O)C1(NCCCC(=O)O)CCCCC1. The van der Waals surface area contributed by atoms with Crippen molar-refractivity contribution < 1.29 is 14.7 Å². The smallest absolute Gasteiger partial charge is 0.303 e. The van der Waals surface area contributed by atoms with Crippen molar-refractivity contribution in [2.75, 3.05) is 13.1 Å². The number of nitrogens with one attached hydrogen (secondary N) is 2. The third-order valence-corrected chi connectivity index (χ3v) is 3.99. The quantitative estimate of drug-likeness (QED) is 0.566. The molecule has 3 N–H and O–H groups in total. The van der Waals surface area contributed by atoms with Gasteiger partial charge >= 0.3 is 5.97 Å². The van der Waals surface area contributed by atoms with E-state index in [0.717, 1.165) is 45.1 Å². The third-order valence-electron chi connectivity index (χ3n) is 3.99. The number of aliphatic carboxylic acids is 1. The molecule has 1 fully saturated rings. The first-order valence-electron chi connectivity index (χ1n) is 7.86. The average molecular weight is 284 g/mol. The van der Waals surface area contributed by atoms with Gasteiger partial charge in [0.2, 0.25) is 5.91 Å². The first-order valence-corrected chi connectivity index (χ1v) is 7.86. The second-order valence-electron chi connectivity index (χ2n) is 5.68. The summed E-state index contributed by atoms with van der Waals surface area (Å²) in [5.41, 5.74) is -0.468. The standard InChI is InChI=1S/C15H28N2O3/c1-2-3-11-16-14(20)15(9-5-4-6-10-15)17-12-7-8-13(18)19/h17H,2-12H2,1H3,(H,16,20)(H,18,19). The second-order valence-corrected chi connectivity index (χ2v) is 5.68. The van der Waals surface area contributed by atoms with E-state index in [1.54, 1.807) is 0 Å².